The van der Waals surface area contributed by atoms with Gasteiger partial charge in [-0.25, -0.2) is 4.39 Å². The molecule has 0 spiro atoms. The van der Waals surface area contributed by atoms with Gasteiger partial charge in [-0.05, 0) is 36.8 Å². The highest BCUT2D eigenvalue weighted by atomic mass is 35.5. The van der Waals surface area contributed by atoms with E-state index in [4.69, 9.17) is 16.3 Å². The van der Waals surface area contributed by atoms with E-state index in [1.54, 1.807) is 12.1 Å². The van der Waals surface area contributed by atoms with Gasteiger partial charge in [-0.2, -0.15) is 0 Å². The summed E-state index contributed by atoms with van der Waals surface area (Å²) in [5, 5.41) is 3.23. The van der Waals surface area contributed by atoms with E-state index in [-0.39, 0.29) is 23.5 Å². The maximum absolute atomic E-state index is 13.6. The van der Waals surface area contributed by atoms with E-state index >= 15 is 0 Å². The number of amides is 1. The first kappa shape index (κ1) is 18.6. The number of rotatable bonds is 8. The Morgan fingerprint density at radius 3 is 2.75 bits per heavy atom. The Labute approximate surface area is 150 Å². The van der Waals surface area contributed by atoms with Crippen molar-refractivity contribution in [2.45, 2.75) is 18.7 Å². The fourth-order valence-corrected chi connectivity index (χ4v) is 2.97. The van der Waals surface area contributed by atoms with Gasteiger partial charge in [0.1, 0.15) is 18.2 Å². The Morgan fingerprint density at radius 2 is 2.04 bits per heavy atom. The van der Waals surface area contributed by atoms with Gasteiger partial charge in [0.25, 0.3) is 0 Å². The van der Waals surface area contributed by atoms with Crippen molar-refractivity contribution < 1.29 is 13.9 Å². The van der Waals surface area contributed by atoms with Crippen LogP contribution < -0.4 is 10.1 Å². The van der Waals surface area contributed by atoms with Gasteiger partial charge in [-0.15, -0.1) is 11.8 Å². The molecule has 0 unspecified atom stereocenters. The first-order valence-electron chi connectivity index (χ1n) is 7.53. The zero-order chi connectivity index (χ0) is 17.4. The van der Waals surface area contributed by atoms with Crippen LogP contribution in [0.25, 0.3) is 0 Å². The summed E-state index contributed by atoms with van der Waals surface area (Å²) in [5.74, 6) is 1.01. The Balaban J connectivity index is 1.67. The number of nitrogens with one attached hydrogen (secondary N) is 1. The molecular formula is C18H19ClFNO2S. The number of para-hydroxylation sites is 1. The Kier molecular flexibility index (Phi) is 7.40. The normalized spacial score (nSPS) is 11.8. The number of carbonyl (C=O) groups excluding carboxylic acids is 1. The third kappa shape index (κ3) is 6.42. The quantitative estimate of drug-likeness (QED) is 0.756. The van der Waals surface area contributed by atoms with Gasteiger partial charge < -0.3 is 10.1 Å². The molecule has 2 aromatic carbocycles. The molecule has 0 aliphatic rings. The molecule has 2 rings (SSSR count). The summed E-state index contributed by atoms with van der Waals surface area (Å²) < 4.78 is 19.2. The monoisotopic (exact) mass is 367 g/mol. The topological polar surface area (TPSA) is 38.3 Å². The molecule has 0 saturated heterocycles. The molecule has 0 radical (unpaired) electrons. The molecule has 128 valence electrons. The predicted molar refractivity (Wildman–Crippen MR) is 97.1 cm³/mol. The molecule has 1 amide bonds. The van der Waals surface area contributed by atoms with Crippen LogP contribution in [0.5, 0.6) is 5.75 Å². The SMILES string of the molecule is C[C@H](COc1ccccc1)NC(=O)CSCc1ccc(Cl)cc1F. The van der Waals surface area contributed by atoms with E-state index in [9.17, 15) is 9.18 Å². The number of thioether (sulfide) groups is 1. The van der Waals surface area contributed by atoms with Crippen molar-refractivity contribution in [3.8, 4) is 5.75 Å². The molecule has 0 heterocycles. The van der Waals surface area contributed by atoms with Crippen LogP contribution >= 0.6 is 23.4 Å². The third-order valence-electron chi connectivity index (χ3n) is 3.16. The van der Waals surface area contributed by atoms with Crippen LogP contribution in [0.2, 0.25) is 5.02 Å². The first-order chi connectivity index (χ1) is 11.5. The maximum atomic E-state index is 13.6. The van der Waals surface area contributed by atoms with Crippen LogP contribution in [0.4, 0.5) is 4.39 Å². The van der Waals surface area contributed by atoms with Crippen LogP contribution in [0.15, 0.2) is 48.5 Å². The van der Waals surface area contributed by atoms with Crippen LogP contribution in [-0.2, 0) is 10.5 Å². The standard InChI is InChI=1S/C18H19ClFNO2S/c1-13(10-23-16-5-3-2-4-6-16)21-18(22)12-24-11-14-7-8-15(19)9-17(14)20/h2-9,13H,10-12H2,1H3,(H,21,22)/t13-/m1/s1. The van der Waals surface area contributed by atoms with Gasteiger partial charge in [0.05, 0.1) is 11.8 Å². The zero-order valence-corrected chi connectivity index (χ0v) is 14.9. The van der Waals surface area contributed by atoms with Gasteiger partial charge in [-0.3, -0.25) is 4.79 Å². The number of benzene rings is 2. The van der Waals surface area contributed by atoms with E-state index in [1.807, 2.05) is 37.3 Å². The minimum Gasteiger partial charge on any atom is -0.491 e. The van der Waals surface area contributed by atoms with Crippen molar-refractivity contribution in [3.05, 3.63) is 64.9 Å². The molecule has 0 bridgehead atoms. The highest BCUT2D eigenvalue weighted by Crippen LogP contribution is 2.19. The van der Waals surface area contributed by atoms with E-state index < -0.39 is 0 Å². The van der Waals surface area contributed by atoms with E-state index in [2.05, 4.69) is 5.32 Å². The summed E-state index contributed by atoms with van der Waals surface area (Å²) in [5.41, 5.74) is 0.539. The lowest BCUT2D eigenvalue weighted by Gasteiger charge is -2.15. The molecule has 0 aromatic heterocycles. The lowest BCUT2D eigenvalue weighted by molar-refractivity contribution is -0.119. The van der Waals surface area contributed by atoms with Gasteiger partial charge in [0.15, 0.2) is 0 Å². The lowest BCUT2D eigenvalue weighted by Crippen LogP contribution is -2.37. The minimum absolute atomic E-state index is 0.0986. The molecule has 6 heteroatoms. The summed E-state index contributed by atoms with van der Waals surface area (Å²) in [6, 6.07) is 13.9. The number of ether oxygens (including phenoxy) is 1. The van der Waals surface area contributed by atoms with Crippen LogP contribution in [0.1, 0.15) is 12.5 Å². The molecule has 0 aliphatic carbocycles. The highest BCUT2D eigenvalue weighted by molar-refractivity contribution is 7.99. The Bertz CT molecular complexity index is 669. The molecule has 2 aromatic rings. The first-order valence-corrected chi connectivity index (χ1v) is 9.07. The van der Waals surface area contributed by atoms with Crippen LogP contribution in [0.3, 0.4) is 0 Å². The second-order valence-corrected chi connectivity index (χ2v) is 6.74. The maximum Gasteiger partial charge on any atom is 0.230 e. The summed E-state index contributed by atoms with van der Waals surface area (Å²) in [7, 11) is 0. The van der Waals surface area contributed by atoms with Gasteiger partial charge >= 0.3 is 0 Å². The van der Waals surface area contributed by atoms with Gasteiger partial charge in [0.2, 0.25) is 5.91 Å². The molecule has 24 heavy (non-hydrogen) atoms. The molecule has 0 saturated carbocycles. The van der Waals surface area contributed by atoms with Crippen molar-refractivity contribution in [1.82, 2.24) is 5.32 Å². The average Bonchev–Trinajstić information content (AvgIpc) is 2.56. The molecule has 0 fully saturated rings. The minimum atomic E-state index is -0.347. The molecular weight excluding hydrogens is 349 g/mol. The number of carbonyl (C=O) groups is 1. The van der Waals surface area contributed by atoms with Crippen molar-refractivity contribution >= 4 is 29.3 Å². The fraction of sp³-hybridized carbons (Fsp3) is 0.278. The van der Waals surface area contributed by atoms with Gasteiger partial charge in [0, 0.05) is 10.8 Å². The largest absolute Gasteiger partial charge is 0.491 e. The van der Waals surface area contributed by atoms with Crippen molar-refractivity contribution in [2.24, 2.45) is 0 Å². The second kappa shape index (κ2) is 9.55. The highest BCUT2D eigenvalue weighted by Gasteiger charge is 2.09. The van der Waals surface area contributed by atoms with E-state index in [0.717, 1.165) is 5.75 Å². The summed E-state index contributed by atoms with van der Waals surface area (Å²) in [6.45, 7) is 2.27. The Morgan fingerprint density at radius 1 is 1.29 bits per heavy atom. The van der Waals surface area contributed by atoms with Crippen LogP contribution in [-0.4, -0.2) is 24.3 Å². The fourth-order valence-electron chi connectivity index (χ4n) is 1.99. The van der Waals surface area contributed by atoms with Crippen molar-refractivity contribution in [1.29, 1.82) is 0 Å². The lowest BCUT2D eigenvalue weighted by atomic mass is 10.2. The third-order valence-corrected chi connectivity index (χ3v) is 4.37. The summed E-state index contributed by atoms with van der Waals surface area (Å²) >= 11 is 7.06. The van der Waals surface area contributed by atoms with Crippen LogP contribution in [0, 0.1) is 5.82 Å². The van der Waals surface area contributed by atoms with E-state index in [0.29, 0.717) is 22.9 Å². The van der Waals surface area contributed by atoms with Gasteiger partial charge in [-0.1, -0.05) is 35.9 Å². The molecule has 3 nitrogen and oxygen atoms in total. The van der Waals surface area contributed by atoms with E-state index in [1.165, 1.54) is 17.8 Å². The smallest absolute Gasteiger partial charge is 0.230 e. The summed E-state index contributed by atoms with van der Waals surface area (Å²) in [6.07, 6.45) is 0. The summed E-state index contributed by atoms with van der Waals surface area (Å²) in [4.78, 5) is 11.9. The second-order valence-electron chi connectivity index (χ2n) is 5.32. The van der Waals surface area contributed by atoms with Crippen molar-refractivity contribution in [2.75, 3.05) is 12.4 Å². The van der Waals surface area contributed by atoms with Crippen molar-refractivity contribution in [3.63, 3.8) is 0 Å². The number of hydrogen-bond donors (Lipinski definition) is 1. The zero-order valence-electron chi connectivity index (χ0n) is 13.3. The Hall–Kier alpha value is -1.72. The number of hydrogen-bond acceptors (Lipinski definition) is 3. The molecule has 0 aliphatic heterocycles. The molecule has 1 atom stereocenters. The average molecular weight is 368 g/mol. The number of halogens is 2. The predicted octanol–water partition coefficient (Wildman–Crippen LogP) is 4.30. The molecule has 1 N–H and O–H groups in total.